The van der Waals surface area contributed by atoms with Crippen molar-refractivity contribution in [3.05, 3.63) is 0 Å². The summed E-state index contributed by atoms with van der Waals surface area (Å²) in [6, 6.07) is 1.52. The lowest BCUT2D eigenvalue weighted by Gasteiger charge is -2.29. The molecule has 0 saturated heterocycles. The van der Waals surface area contributed by atoms with Crippen molar-refractivity contribution in [1.29, 1.82) is 0 Å². The third-order valence-electron chi connectivity index (χ3n) is 1.67. The van der Waals surface area contributed by atoms with Gasteiger partial charge >= 0.3 is 0 Å². The zero-order chi connectivity index (χ0) is 8.15. The van der Waals surface area contributed by atoms with Crippen LogP contribution in [0, 0.1) is 0 Å². The smallest absolute Gasteiger partial charge is 0.102 e. The molecule has 0 aromatic carbocycles. The average Bonchev–Trinajstić information content (AvgIpc) is 1.81. The van der Waals surface area contributed by atoms with Crippen molar-refractivity contribution < 1.29 is 0 Å². The van der Waals surface area contributed by atoms with Gasteiger partial charge in [-0.15, -0.1) is 15.3 Å². The van der Waals surface area contributed by atoms with Crippen LogP contribution >= 0.6 is 15.3 Å². The molecule has 0 aromatic heterocycles. The van der Waals surface area contributed by atoms with E-state index in [4.69, 9.17) is 0 Å². The molecule has 0 aromatic rings. The highest BCUT2D eigenvalue weighted by Gasteiger charge is 2.11. The van der Waals surface area contributed by atoms with Crippen LogP contribution in [0.3, 0.4) is 0 Å². The van der Waals surface area contributed by atoms with Crippen LogP contribution in [-0.2, 0) is 0 Å². The van der Waals surface area contributed by atoms with Crippen LogP contribution in [0.1, 0.15) is 27.7 Å². The van der Waals surface area contributed by atoms with Gasteiger partial charge < -0.3 is 4.57 Å². The molecule has 62 valence electrons. The predicted octanol–water partition coefficient (Wildman–Crippen LogP) is 0.583. The lowest BCUT2D eigenvalue weighted by Crippen LogP contribution is -2.41. The molecule has 0 unspecified atom stereocenters. The first kappa shape index (κ1) is 10.9. The Labute approximate surface area is 76.7 Å². The second-order valence-electron chi connectivity index (χ2n) is 3.11. The average molecular weight is 240 g/mol. The minimum absolute atomic E-state index is 0.130. The van der Waals surface area contributed by atoms with Crippen molar-refractivity contribution in [2.24, 2.45) is 0 Å². The summed E-state index contributed by atoms with van der Waals surface area (Å²) in [6.07, 6.45) is 0. The second-order valence-corrected chi connectivity index (χ2v) is 14.3. The molecule has 0 aliphatic heterocycles. The second kappa shape index (κ2) is 5.51. The van der Waals surface area contributed by atoms with Crippen molar-refractivity contribution in [2.75, 3.05) is 0 Å². The summed E-state index contributed by atoms with van der Waals surface area (Å²) >= 11 is 3.65. The van der Waals surface area contributed by atoms with E-state index in [0.29, 0.717) is 0 Å². The van der Waals surface area contributed by atoms with Gasteiger partial charge in [0, 0.05) is 0 Å². The zero-order valence-electron chi connectivity index (χ0n) is 7.39. The van der Waals surface area contributed by atoms with Gasteiger partial charge in [0.25, 0.3) is 0 Å². The molecule has 0 aliphatic rings. The van der Waals surface area contributed by atoms with E-state index < -0.39 is 0 Å². The molecule has 0 atom stereocenters. The highest BCUT2D eigenvalue weighted by atomic mass is 79.9. The van der Waals surface area contributed by atoms with E-state index in [0.717, 1.165) is 12.1 Å². The van der Waals surface area contributed by atoms with Gasteiger partial charge in [-0.2, -0.15) is 0 Å². The Hall–Kier alpha value is 0.874. The Morgan fingerprint density at radius 1 is 1.10 bits per heavy atom. The fourth-order valence-corrected chi connectivity index (χ4v) is 9.81. The molecular weight excluding hydrogens is 222 g/mol. The zero-order valence-corrected chi connectivity index (χ0v) is 11.8. The van der Waals surface area contributed by atoms with E-state index in [2.05, 4.69) is 47.6 Å². The van der Waals surface area contributed by atoms with E-state index in [1.807, 2.05) is 0 Å². The van der Waals surface area contributed by atoms with Crippen LogP contribution in [-0.4, -0.2) is 33.5 Å². The van der Waals surface area contributed by atoms with Crippen molar-refractivity contribution in [1.82, 2.24) is 4.57 Å². The van der Waals surface area contributed by atoms with Crippen LogP contribution in [0.2, 0.25) is 0 Å². The summed E-state index contributed by atoms with van der Waals surface area (Å²) in [5.41, 5.74) is 0. The van der Waals surface area contributed by atoms with Gasteiger partial charge in [0.2, 0.25) is 0 Å². The molecular formula is C6H18BrNSi2. The molecule has 0 fully saturated rings. The highest BCUT2D eigenvalue weighted by molar-refractivity contribution is 9.24. The highest BCUT2D eigenvalue weighted by Crippen LogP contribution is 2.01. The Kier molecular flexibility index (Phi) is 6.00. The minimum Gasteiger partial charge on any atom is -0.327 e. The Balaban J connectivity index is 3.73. The van der Waals surface area contributed by atoms with Gasteiger partial charge in [0.15, 0.2) is 0 Å². The van der Waals surface area contributed by atoms with E-state index in [1.165, 1.54) is 0 Å². The molecule has 0 aliphatic carbocycles. The maximum Gasteiger partial charge on any atom is 0.102 e. The number of hydrogen-bond donors (Lipinski definition) is 0. The quantitative estimate of drug-likeness (QED) is 0.513. The van der Waals surface area contributed by atoms with Crippen LogP contribution < -0.4 is 0 Å². The molecule has 0 bridgehead atoms. The largest absolute Gasteiger partial charge is 0.327 e. The van der Waals surface area contributed by atoms with Gasteiger partial charge in [-0.3, -0.25) is 0 Å². The molecule has 1 nitrogen and oxygen atoms in total. The molecule has 0 N–H and O–H groups in total. The third kappa shape index (κ3) is 3.90. The molecule has 0 spiro atoms. The van der Waals surface area contributed by atoms with Gasteiger partial charge in [0.1, 0.15) is 7.66 Å². The number of nitrogens with zero attached hydrogens (tertiary/aromatic N) is 1. The third-order valence-corrected chi connectivity index (χ3v) is 9.06. The molecule has 4 heteroatoms. The van der Waals surface area contributed by atoms with Gasteiger partial charge in [0.05, 0.1) is 9.20 Å². The van der Waals surface area contributed by atoms with Crippen molar-refractivity contribution in [3.8, 4) is 0 Å². The van der Waals surface area contributed by atoms with Gasteiger partial charge in [-0.25, -0.2) is 0 Å². The van der Waals surface area contributed by atoms with Crippen molar-refractivity contribution in [3.63, 3.8) is 0 Å². The molecule has 0 heterocycles. The van der Waals surface area contributed by atoms with Gasteiger partial charge in [-0.1, -0.05) is 27.7 Å². The van der Waals surface area contributed by atoms with E-state index in [9.17, 15) is 0 Å². The number of halogens is 1. The van der Waals surface area contributed by atoms with Crippen LogP contribution in [0.4, 0.5) is 0 Å². The topological polar surface area (TPSA) is 3.24 Å². The minimum atomic E-state index is 0.130. The lowest BCUT2D eigenvalue weighted by molar-refractivity contribution is 0.317. The summed E-state index contributed by atoms with van der Waals surface area (Å²) < 4.78 is 2.67. The fraction of sp³-hybridized carbons (Fsp3) is 1.00. The van der Waals surface area contributed by atoms with E-state index >= 15 is 0 Å². The standard InChI is InChI=1S/C6H18BrNSi2/c1-5(2)8(6(3)4)10-9-7/h5-6H,9-10H2,1-4H3. The summed E-state index contributed by atoms with van der Waals surface area (Å²) in [5.74, 6) is 0. The SMILES string of the molecule is CC(C)N([SiH2][SiH2]Br)C(C)C. The molecule has 0 radical (unpaired) electrons. The van der Waals surface area contributed by atoms with E-state index in [-0.39, 0.29) is 16.9 Å². The van der Waals surface area contributed by atoms with Crippen LogP contribution in [0.15, 0.2) is 0 Å². The number of rotatable bonds is 4. The van der Waals surface area contributed by atoms with Crippen LogP contribution in [0.25, 0.3) is 0 Å². The predicted molar refractivity (Wildman–Crippen MR) is 58.1 cm³/mol. The maximum atomic E-state index is 3.65. The first-order valence-corrected chi connectivity index (χ1v) is 12.4. The Bertz CT molecular complexity index is 79.8. The monoisotopic (exact) mass is 239 g/mol. The van der Waals surface area contributed by atoms with Crippen molar-refractivity contribution >= 4 is 32.1 Å². The maximum absolute atomic E-state index is 3.65. The van der Waals surface area contributed by atoms with E-state index in [1.54, 1.807) is 0 Å². The first-order chi connectivity index (χ1) is 4.59. The van der Waals surface area contributed by atoms with Crippen LogP contribution in [0.5, 0.6) is 0 Å². The first-order valence-electron chi connectivity index (χ1n) is 3.91. The Morgan fingerprint density at radius 3 is 1.60 bits per heavy atom. The number of hydrogen-bond acceptors (Lipinski definition) is 1. The molecule has 0 amide bonds. The fourth-order valence-electron chi connectivity index (χ4n) is 1.21. The Morgan fingerprint density at radius 2 is 1.50 bits per heavy atom. The molecule has 0 rings (SSSR count). The van der Waals surface area contributed by atoms with Gasteiger partial charge in [-0.05, 0) is 12.1 Å². The normalized spacial score (nSPS) is 14.4. The molecule has 10 heavy (non-hydrogen) atoms. The summed E-state index contributed by atoms with van der Waals surface area (Å²) in [7, 11) is 0.288. The summed E-state index contributed by atoms with van der Waals surface area (Å²) in [5, 5.41) is 0. The summed E-state index contributed by atoms with van der Waals surface area (Å²) in [6.45, 7) is 9.18. The molecule has 0 saturated carbocycles. The van der Waals surface area contributed by atoms with Crippen molar-refractivity contribution in [2.45, 2.75) is 39.8 Å². The summed E-state index contributed by atoms with van der Waals surface area (Å²) in [4.78, 5) is 0. The lowest BCUT2D eigenvalue weighted by atomic mass is 10.3.